The van der Waals surface area contributed by atoms with Gasteiger partial charge in [0.1, 0.15) is 6.61 Å². The van der Waals surface area contributed by atoms with Crippen LogP contribution in [0.5, 0.6) is 0 Å². The van der Waals surface area contributed by atoms with Crippen LogP contribution in [0.1, 0.15) is 51.0 Å². The smallest absolute Gasteiger partial charge is 0.410 e. The predicted molar refractivity (Wildman–Crippen MR) is 89.6 cm³/mol. The molecule has 1 heterocycles. The molecule has 120 valence electrons. The number of hydrogen-bond donors (Lipinski definition) is 0. The molecule has 0 saturated carbocycles. The summed E-state index contributed by atoms with van der Waals surface area (Å²) in [7, 11) is 0. The third kappa shape index (κ3) is 4.36. The van der Waals surface area contributed by atoms with Gasteiger partial charge in [-0.3, -0.25) is 0 Å². The number of carbonyl (C=O) groups excluding carboxylic acids is 1. The van der Waals surface area contributed by atoms with Crippen molar-refractivity contribution < 1.29 is 9.53 Å². The highest BCUT2D eigenvalue weighted by Gasteiger charge is 2.36. The van der Waals surface area contributed by atoms with E-state index in [2.05, 4.69) is 13.5 Å². The van der Waals surface area contributed by atoms with E-state index in [1.165, 1.54) is 0 Å². The summed E-state index contributed by atoms with van der Waals surface area (Å²) in [4.78, 5) is 14.5. The molecule has 0 radical (unpaired) electrons. The summed E-state index contributed by atoms with van der Waals surface area (Å²) >= 11 is 0. The number of hydrogen-bond acceptors (Lipinski definition) is 2. The molecule has 3 nitrogen and oxygen atoms in total. The van der Waals surface area contributed by atoms with Gasteiger partial charge in [-0.1, -0.05) is 56.2 Å². The van der Waals surface area contributed by atoms with Crippen molar-refractivity contribution in [2.24, 2.45) is 0 Å². The Bertz CT molecular complexity index is 472. The van der Waals surface area contributed by atoms with E-state index in [9.17, 15) is 4.79 Å². The second-order valence-electron chi connectivity index (χ2n) is 6.00. The molecule has 0 bridgehead atoms. The van der Waals surface area contributed by atoms with Crippen LogP contribution in [-0.2, 0) is 11.3 Å². The van der Waals surface area contributed by atoms with Gasteiger partial charge in [0.05, 0.1) is 0 Å². The van der Waals surface area contributed by atoms with E-state index in [4.69, 9.17) is 4.74 Å². The van der Waals surface area contributed by atoms with Crippen LogP contribution in [0.15, 0.2) is 43.0 Å². The molecule has 1 aliphatic rings. The van der Waals surface area contributed by atoms with Gasteiger partial charge in [-0.2, -0.15) is 0 Å². The lowest BCUT2D eigenvalue weighted by Gasteiger charge is -2.29. The van der Waals surface area contributed by atoms with Crippen LogP contribution in [0.4, 0.5) is 4.79 Å². The maximum Gasteiger partial charge on any atom is 0.410 e. The Morgan fingerprint density at radius 3 is 2.73 bits per heavy atom. The number of rotatable bonds is 7. The molecule has 2 rings (SSSR count). The fourth-order valence-electron chi connectivity index (χ4n) is 3.20. The maximum absolute atomic E-state index is 12.5. The van der Waals surface area contributed by atoms with Crippen molar-refractivity contribution in [3.63, 3.8) is 0 Å². The van der Waals surface area contributed by atoms with E-state index in [-0.39, 0.29) is 12.1 Å². The number of nitrogens with zero attached hydrogens (tertiary/aromatic N) is 1. The Kier molecular flexibility index (Phi) is 6.50. The summed E-state index contributed by atoms with van der Waals surface area (Å²) in [5.74, 6) is 0. The molecule has 2 atom stereocenters. The normalized spacial score (nSPS) is 20.9. The maximum atomic E-state index is 12.5. The summed E-state index contributed by atoms with van der Waals surface area (Å²) in [5.41, 5.74) is 1.03. The van der Waals surface area contributed by atoms with Gasteiger partial charge in [-0.15, -0.1) is 6.58 Å². The number of carbonyl (C=O) groups is 1. The van der Waals surface area contributed by atoms with Crippen molar-refractivity contribution in [1.29, 1.82) is 0 Å². The van der Waals surface area contributed by atoms with Crippen LogP contribution in [0, 0.1) is 0 Å². The van der Waals surface area contributed by atoms with Gasteiger partial charge >= 0.3 is 6.09 Å². The quantitative estimate of drug-likeness (QED) is 0.669. The molecule has 0 spiro atoms. The second kappa shape index (κ2) is 8.62. The lowest BCUT2D eigenvalue weighted by atomic mass is 10.1. The van der Waals surface area contributed by atoms with Crippen LogP contribution < -0.4 is 0 Å². The lowest BCUT2D eigenvalue weighted by molar-refractivity contribution is 0.0767. The van der Waals surface area contributed by atoms with Crippen molar-refractivity contribution in [2.75, 3.05) is 0 Å². The van der Waals surface area contributed by atoms with Crippen LogP contribution in [-0.4, -0.2) is 23.1 Å². The van der Waals surface area contributed by atoms with Gasteiger partial charge in [-0.05, 0) is 31.2 Å². The van der Waals surface area contributed by atoms with E-state index in [0.717, 1.165) is 44.1 Å². The Labute approximate surface area is 134 Å². The molecule has 1 fully saturated rings. The van der Waals surface area contributed by atoms with Crippen molar-refractivity contribution >= 4 is 6.09 Å². The van der Waals surface area contributed by atoms with E-state index in [1.807, 2.05) is 41.3 Å². The fourth-order valence-corrected chi connectivity index (χ4v) is 3.20. The molecule has 3 heteroatoms. The molecule has 0 N–H and O–H groups in total. The van der Waals surface area contributed by atoms with Crippen LogP contribution in [0.2, 0.25) is 0 Å². The average molecular weight is 301 g/mol. The topological polar surface area (TPSA) is 29.5 Å². The summed E-state index contributed by atoms with van der Waals surface area (Å²) in [6.45, 7) is 6.35. The molecule has 22 heavy (non-hydrogen) atoms. The zero-order valence-corrected chi connectivity index (χ0v) is 13.5. The molecule has 1 aromatic rings. The first kappa shape index (κ1) is 16.6. The Hall–Kier alpha value is -1.77. The number of unbranched alkanes of at least 4 members (excludes halogenated alkanes) is 1. The minimum absolute atomic E-state index is 0.172. The SMILES string of the molecule is C=CC[C@@H]1CC[C@H](CCCC)N1C(=O)OCc1ccccc1. The van der Waals surface area contributed by atoms with Crippen molar-refractivity contribution in [3.05, 3.63) is 48.6 Å². The summed E-state index contributed by atoms with van der Waals surface area (Å²) in [6, 6.07) is 10.4. The standard InChI is InChI=1S/C19H27NO2/c1-3-5-12-18-14-13-17(9-4-2)20(18)19(21)22-15-16-10-7-6-8-11-16/h4,6-8,10-11,17-18H,2-3,5,9,12-15H2,1H3/t17-,18+/m1/s1. The average Bonchev–Trinajstić information content (AvgIpc) is 2.95. The van der Waals surface area contributed by atoms with Gasteiger partial charge in [0.2, 0.25) is 0 Å². The highest BCUT2D eigenvalue weighted by Crippen LogP contribution is 2.30. The fraction of sp³-hybridized carbons (Fsp3) is 0.526. The predicted octanol–water partition coefficient (Wildman–Crippen LogP) is 4.92. The van der Waals surface area contributed by atoms with E-state index >= 15 is 0 Å². The van der Waals surface area contributed by atoms with Gasteiger partial charge in [-0.25, -0.2) is 4.79 Å². The third-order valence-corrected chi connectivity index (χ3v) is 4.37. The minimum Gasteiger partial charge on any atom is -0.445 e. The molecule has 1 amide bonds. The minimum atomic E-state index is -0.172. The number of benzene rings is 1. The Morgan fingerprint density at radius 1 is 1.32 bits per heavy atom. The van der Waals surface area contributed by atoms with E-state index in [0.29, 0.717) is 12.6 Å². The van der Waals surface area contributed by atoms with Crippen LogP contribution in [0.3, 0.4) is 0 Å². The molecule has 1 aliphatic heterocycles. The number of amides is 1. The summed E-state index contributed by atoms with van der Waals surface area (Å²) in [6.07, 6.45) is 8.12. The molecular formula is C19H27NO2. The lowest BCUT2D eigenvalue weighted by Crippen LogP contribution is -2.41. The molecule has 0 aromatic heterocycles. The van der Waals surface area contributed by atoms with Crippen LogP contribution >= 0.6 is 0 Å². The van der Waals surface area contributed by atoms with Crippen molar-refractivity contribution in [2.45, 2.75) is 64.1 Å². The monoisotopic (exact) mass is 301 g/mol. The van der Waals surface area contributed by atoms with Gasteiger partial charge in [0.15, 0.2) is 0 Å². The molecule has 0 unspecified atom stereocenters. The van der Waals surface area contributed by atoms with Crippen molar-refractivity contribution in [3.8, 4) is 0 Å². The van der Waals surface area contributed by atoms with E-state index < -0.39 is 0 Å². The first-order valence-electron chi connectivity index (χ1n) is 8.36. The highest BCUT2D eigenvalue weighted by atomic mass is 16.6. The van der Waals surface area contributed by atoms with Gasteiger partial charge in [0, 0.05) is 12.1 Å². The molecule has 0 aliphatic carbocycles. The third-order valence-electron chi connectivity index (χ3n) is 4.37. The largest absolute Gasteiger partial charge is 0.445 e. The summed E-state index contributed by atoms with van der Waals surface area (Å²) in [5, 5.41) is 0. The van der Waals surface area contributed by atoms with Crippen LogP contribution in [0.25, 0.3) is 0 Å². The summed E-state index contributed by atoms with van der Waals surface area (Å²) < 4.78 is 5.55. The van der Waals surface area contributed by atoms with E-state index in [1.54, 1.807) is 0 Å². The first-order chi connectivity index (χ1) is 10.8. The Balaban J connectivity index is 1.96. The Morgan fingerprint density at radius 2 is 2.05 bits per heavy atom. The zero-order valence-electron chi connectivity index (χ0n) is 13.5. The zero-order chi connectivity index (χ0) is 15.8. The molecule has 1 aromatic carbocycles. The molecule has 1 saturated heterocycles. The molecular weight excluding hydrogens is 274 g/mol. The highest BCUT2D eigenvalue weighted by molar-refractivity contribution is 5.69. The second-order valence-corrected chi connectivity index (χ2v) is 6.00. The van der Waals surface area contributed by atoms with Crippen molar-refractivity contribution in [1.82, 2.24) is 4.90 Å². The van der Waals surface area contributed by atoms with Gasteiger partial charge in [0.25, 0.3) is 0 Å². The number of likely N-dealkylation sites (tertiary alicyclic amines) is 1. The first-order valence-corrected chi connectivity index (χ1v) is 8.36. The number of ether oxygens (including phenoxy) is 1. The van der Waals surface area contributed by atoms with Gasteiger partial charge < -0.3 is 9.64 Å².